The molecule has 1 aliphatic heterocycles. The summed E-state index contributed by atoms with van der Waals surface area (Å²) in [6.07, 6.45) is 1.50. The smallest absolute Gasteiger partial charge is 0.335 e. The van der Waals surface area contributed by atoms with Crippen molar-refractivity contribution in [2.45, 2.75) is 32.4 Å². The van der Waals surface area contributed by atoms with Crippen molar-refractivity contribution in [2.24, 2.45) is 0 Å². The first-order valence-corrected chi connectivity index (χ1v) is 6.15. The molecule has 2 rings (SSSR count). The summed E-state index contributed by atoms with van der Waals surface area (Å²) in [6.45, 7) is 3.42. The average Bonchev–Trinajstić information content (AvgIpc) is 2.39. The van der Waals surface area contributed by atoms with E-state index in [1.54, 1.807) is 12.1 Å². The topological polar surface area (TPSA) is 64.3 Å². The lowest BCUT2D eigenvalue weighted by atomic mass is 9.93. The molecule has 0 bridgehead atoms. The van der Waals surface area contributed by atoms with E-state index in [1.165, 1.54) is 0 Å². The van der Waals surface area contributed by atoms with Gasteiger partial charge in [-0.2, -0.15) is 5.26 Å². The fraction of sp³-hybridized carbons (Fsp3) is 0.429. The molecule has 4 heteroatoms. The highest BCUT2D eigenvalue weighted by molar-refractivity contribution is 5.89. The number of hydrogen-bond donors (Lipinski definition) is 1. The quantitative estimate of drug-likeness (QED) is 0.883. The number of rotatable bonds is 3. The highest BCUT2D eigenvalue weighted by atomic mass is 16.4. The first-order valence-electron chi connectivity index (χ1n) is 6.15. The van der Waals surface area contributed by atoms with Gasteiger partial charge >= 0.3 is 5.97 Å². The van der Waals surface area contributed by atoms with Gasteiger partial charge in [-0.05, 0) is 30.0 Å². The zero-order valence-electron chi connectivity index (χ0n) is 10.4. The summed E-state index contributed by atoms with van der Waals surface area (Å²) in [5.41, 5.74) is 2.36. The normalized spacial score (nSPS) is 16.7. The Balaban J connectivity index is 2.29. The van der Waals surface area contributed by atoms with Crippen LogP contribution in [0.25, 0.3) is 0 Å². The van der Waals surface area contributed by atoms with Crippen molar-refractivity contribution in [3.05, 3.63) is 34.9 Å². The number of benzene rings is 1. The van der Waals surface area contributed by atoms with Crippen molar-refractivity contribution >= 4 is 5.97 Å². The van der Waals surface area contributed by atoms with Crippen LogP contribution in [0, 0.1) is 11.3 Å². The van der Waals surface area contributed by atoms with Crippen LogP contribution in [0.15, 0.2) is 18.2 Å². The molecule has 0 saturated carbocycles. The standard InChI is InChI=1S/C14H16N2O2/c1-2-11(8-15)16-7-6-12-10(9-16)4-3-5-13(12)14(17)18/h3-5,11H,2,6-7,9H2,1H3,(H,17,18). The number of hydrogen-bond acceptors (Lipinski definition) is 3. The van der Waals surface area contributed by atoms with Crippen LogP contribution in [0.1, 0.15) is 34.8 Å². The Morgan fingerprint density at radius 1 is 1.61 bits per heavy atom. The molecule has 1 aliphatic rings. The van der Waals surface area contributed by atoms with Crippen LogP contribution in [0.4, 0.5) is 0 Å². The molecule has 1 heterocycles. The van der Waals surface area contributed by atoms with Gasteiger partial charge in [0.2, 0.25) is 0 Å². The monoisotopic (exact) mass is 244 g/mol. The first-order chi connectivity index (χ1) is 8.67. The first kappa shape index (κ1) is 12.6. The molecular weight excluding hydrogens is 228 g/mol. The van der Waals surface area contributed by atoms with Crippen LogP contribution in [0.3, 0.4) is 0 Å². The van der Waals surface area contributed by atoms with Crippen molar-refractivity contribution < 1.29 is 9.90 Å². The number of carbonyl (C=O) groups is 1. The molecule has 1 atom stereocenters. The SMILES string of the molecule is CCC(C#N)N1CCc2c(cccc2C(=O)O)C1. The number of nitrogens with zero attached hydrogens (tertiary/aromatic N) is 2. The largest absolute Gasteiger partial charge is 0.478 e. The van der Waals surface area contributed by atoms with Crippen LogP contribution >= 0.6 is 0 Å². The second-order valence-corrected chi connectivity index (χ2v) is 4.52. The molecule has 0 spiro atoms. The van der Waals surface area contributed by atoms with Gasteiger partial charge in [0.05, 0.1) is 17.7 Å². The van der Waals surface area contributed by atoms with Crippen molar-refractivity contribution in [3.8, 4) is 6.07 Å². The van der Waals surface area contributed by atoms with Gasteiger partial charge in [0.1, 0.15) is 0 Å². The third kappa shape index (κ3) is 2.22. The molecule has 1 aromatic carbocycles. The third-order valence-electron chi connectivity index (χ3n) is 3.50. The minimum absolute atomic E-state index is 0.0772. The molecule has 1 aromatic rings. The summed E-state index contributed by atoms with van der Waals surface area (Å²) in [4.78, 5) is 13.3. The lowest BCUT2D eigenvalue weighted by Crippen LogP contribution is -2.38. The highest BCUT2D eigenvalue weighted by Gasteiger charge is 2.24. The van der Waals surface area contributed by atoms with Gasteiger partial charge in [-0.25, -0.2) is 4.79 Å². The zero-order valence-corrected chi connectivity index (χ0v) is 10.4. The van der Waals surface area contributed by atoms with E-state index in [0.29, 0.717) is 18.5 Å². The summed E-state index contributed by atoms with van der Waals surface area (Å²) in [6, 6.07) is 7.61. The Bertz CT molecular complexity index is 505. The molecule has 1 N–H and O–H groups in total. The molecular formula is C14H16N2O2. The highest BCUT2D eigenvalue weighted by Crippen LogP contribution is 2.24. The number of nitriles is 1. The molecule has 0 fully saturated rings. The van der Waals surface area contributed by atoms with Gasteiger partial charge in [-0.3, -0.25) is 4.90 Å². The fourth-order valence-corrected chi connectivity index (χ4v) is 2.53. The van der Waals surface area contributed by atoms with Crippen molar-refractivity contribution in [1.29, 1.82) is 5.26 Å². The molecule has 18 heavy (non-hydrogen) atoms. The van der Waals surface area contributed by atoms with E-state index in [0.717, 1.165) is 24.1 Å². The Kier molecular flexibility index (Phi) is 3.63. The molecule has 1 unspecified atom stereocenters. The Hall–Kier alpha value is -1.86. The Morgan fingerprint density at radius 3 is 3.00 bits per heavy atom. The minimum atomic E-state index is -0.868. The Labute approximate surface area is 106 Å². The number of aromatic carboxylic acids is 1. The van der Waals surface area contributed by atoms with Crippen LogP contribution in [0.2, 0.25) is 0 Å². The number of fused-ring (bicyclic) bond motifs is 1. The molecule has 0 aliphatic carbocycles. The summed E-state index contributed by atoms with van der Waals surface area (Å²) >= 11 is 0. The number of carboxylic acids is 1. The summed E-state index contributed by atoms with van der Waals surface area (Å²) < 4.78 is 0. The van der Waals surface area contributed by atoms with Crippen molar-refractivity contribution in [1.82, 2.24) is 4.90 Å². The van der Waals surface area contributed by atoms with E-state index in [4.69, 9.17) is 10.4 Å². The zero-order chi connectivity index (χ0) is 13.1. The van der Waals surface area contributed by atoms with Crippen LogP contribution < -0.4 is 0 Å². The maximum absolute atomic E-state index is 11.1. The second-order valence-electron chi connectivity index (χ2n) is 4.52. The van der Waals surface area contributed by atoms with Gasteiger partial charge in [-0.15, -0.1) is 0 Å². The second kappa shape index (κ2) is 5.19. The van der Waals surface area contributed by atoms with Gasteiger partial charge < -0.3 is 5.11 Å². The van der Waals surface area contributed by atoms with Gasteiger partial charge in [-0.1, -0.05) is 19.1 Å². The van der Waals surface area contributed by atoms with E-state index in [-0.39, 0.29) is 6.04 Å². The average molecular weight is 244 g/mol. The molecule has 0 aromatic heterocycles. The van der Waals surface area contributed by atoms with Gasteiger partial charge in [0.15, 0.2) is 0 Å². The van der Waals surface area contributed by atoms with E-state index < -0.39 is 5.97 Å². The molecule has 0 amide bonds. The van der Waals surface area contributed by atoms with E-state index >= 15 is 0 Å². The summed E-state index contributed by atoms with van der Waals surface area (Å²) in [5.74, 6) is -0.868. The van der Waals surface area contributed by atoms with Crippen molar-refractivity contribution in [2.75, 3.05) is 6.54 Å². The maximum Gasteiger partial charge on any atom is 0.335 e. The van der Waals surface area contributed by atoms with Gasteiger partial charge in [0, 0.05) is 13.1 Å². The van der Waals surface area contributed by atoms with E-state index in [2.05, 4.69) is 11.0 Å². The van der Waals surface area contributed by atoms with Crippen LogP contribution in [-0.2, 0) is 13.0 Å². The Morgan fingerprint density at radius 2 is 2.39 bits per heavy atom. The van der Waals surface area contributed by atoms with Crippen molar-refractivity contribution in [3.63, 3.8) is 0 Å². The summed E-state index contributed by atoms with van der Waals surface area (Å²) in [7, 11) is 0. The molecule has 0 radical (unpaired) electrons. The minimum Gasteiger partial charge on any atom is -0.478 e. The predicted octanol–water partition coefficient (Wildman–Crippen LogP) is 2.05. The van der Waals surface area contributed by atoms with E-state index in [1.807, 2.05) is 13.0 Å². The lowest BCUT2D eigenvalue weighted by Gasteiger charge is -2.32. The predicted molar refractivity (Wildman–Crippen MR) is 67.2 cm³/mol. The molecule has 0 saturated heterocycles. The molecule has 94 valence electrons. The van der Waals surface area contributed by atoms with Crippen LogP contribution in [0.5, 0.6) is 0 Å². The van der Waals surface area contributed by atoms with E-state index in [9.17, 15) is 4.79 Å². The lowest BCUT2D eigenvalue weighted by molar-refractivity contribution is 0.0694. The number of carboxylic acid groups (broad SMARTS) is 1. The maximum atomic E-state index is 11.1. The third-order valence-corrected chi connectivity index (χ3v) is 3.50. The summed E-state index contributed by atoms with van der Waals surface area (Å²) in [5, 5.41) is 18.2. The van der Waals surface area contributed by atoms with Gasteiger partial charge in [0.25, 0.3) is 0 Å². The molecule has 4 nitrogen and oxygen atoms in total. The van der Waals surface area contributed by atoms with Crippen LogP contribution in [-0.4, -0.2) is 28.6 Å². The fourth-order valence-electron chi connectivity index (χ4n) is 2.53.